The number of hydrogen-bond donors (Lipinski definition) is 1. The van der Waals surface area contributed by atoms with E-state index in [1.165, 1.54) is 0 Å². The maximum atomic E-state index is 11.8. The Hall–Kier alpha value is -2.98. The van der Waals surface area contributed by atoms with Crippen LogP contribution < -0.4 is 4.74 Å². The van der Waals surface area contributed by atoms with Crippen molar-refractivity contribution in [2.75, 3.05) is 20.3 Å². The summed E-state index contributed by atoms with van der Waals surface area (Å²) < 4.78 is 68.8. The van der Waals surface area contributed by atoms with Crippen molar-refractivity contribution in [2.24, 2.45) is 0 Å². The average molecular weight is 709 g/mol. The zero-order valence-electron chi connectivity index (χ0n) is 29.6. The van der Waals surface area contributed by atoms with E-state index in [0.717, 1.165) is 22.4 Å². The van der Waals surface area contributed by atoms with Gasteiger partial charge in [0.1, 0.15) is 48.5 Å². The van der Waals surface area contributed by atoms with Crippen molar-refractivity contribution in [1.29, 1.82) is 0 Å². The Labute approximate surface area is 298 Å². The summed E-state index contributed by atoms with van der Waals surface area (Å²) in [4.78, 5) is 0. The third-order valence-electron chi connectivity index (χ3n) is 9.36. The summed E-state index contributed by atoms with van der Waals surface area (Å²) in [6.07, 6.45) is -8.16. The fourth-order valence-corrected chi connectivity index (χ4v) is 6.90. The number of rotatable bonds is 12. The third-order valence-corrected chi connectivity index (χ3v) is 9.36. The molecular weight excluding hydrogens is 660 g/mol. The van der Waals surface area contributed by atoms with Crippen LogP contribution in [0.5, 0.6) is 5.75 Å². The number of methoxy groups -OCH3 is 1. The quantitative estimate of drug-likeness (QED) is 0.255. The molecule has 3 aromatic carbocycles. The summed E-state index contributed by atoms with van der Waals surface area (Å²) in [5.74, 6) is -1.09. The summed E-state index contributed by atoms with van der Waals surface area (Å²) in [7, 11) is 1.62. The minimum atomic E-state index is -1.50. The van der Waals surface area contributed by atoms with E-state index in [1.54, 1.807) is 21.0 Å². The lowest BCUT2D eigenvalue weighted by Gasteiger charge is -2.49. The molecule has 7 rings (SSSR count). The molecule has 3 aromatic rings. The predicted octanol–water partition coefficient (Wildman–Crippen LogP) is 5.01. The minimum absolute atomic E-state index is 0.191. The highest BCUT2D eigenvalue weighted by molar-refractivity contribution is 5.26. The van der Waals surface area contributed by atoms with E-state index >= 15 is 0 Å². The molecule has 0 amide bonds. The van der Waals surface area contributed by atoms with Crippen molar-refractivity contribution in [3.8, 4) is 5.75 Å². The van der Waals surface area contributed by atoms with Crippen molar-refractivity contribution in [3.05, 3.63) is 102 Å². The molecule has 0 aliphatic carbocycles. The van der Waals surface area contributed by atoms with E-state index < -0.39 is 73.2 Å². The van der Waals surface area contributed by atoms with Crippen LogP contribution in [-0.4, -0.2) is 92.3 Å². The molecule has 1 N–H and O–H groups in total. The van der Waals surface area contributed by atoms with E-state index in [0.29, 0.717) is 0 Å². The topological polar surface area (TPSA) is 122 Å². The molecule has 0 saturated carbocycles. The smallest absolute Gasteiger partial charge is 0.190 e. The molecular formula is C39H48O12. The van der Waals surface area contributed by atoms with E-state index in [4.69, 9.17) is 52.1 Å². The van der Waals surface area contributed by atoms with E-state index in [9.17, 15) is 5.11 Å². The lowest BCUT2D eigenvalue weighted by Crippen LogP contribution is -2.64. The third kappa shape index (κ3) is 8.64. The van der Waals surface area contributed by atoms with Gasteiger partial charge in [-0.05, 0) is 51.0 Å². The average Bonchev–Trinajstić information content (AvgIpc) is 3.68. The number of hydrogen-bond acceptors (Lipinski definition) is 12. The van der Waals surface area contributed by atoms with Crippen LogP contribution in [0.4, 0.5) is 0 Å². The number of aliphatic hydroxyl groups is 1. The second-order valence-electron chi connectivity index (χ2n) is 14.1. The van der Waals surface area contributed by atoms with Gasteiger partial charge in [-0.25, -0.2) is 0 Å². The number of aliphatic hydroxyl groups excluding tert-OH is 1. The van der Waals surface area contributed by atoms with Crippen molar-refractivity contribution in [2.45, 2.75) is 114 Å². The summed E-state index contributed by atoms with van der Waals surface area (Å²) in [5.41, 5.74) is 2.74. The lowest BCUT2D eigenvalue weighted by atomic mass is 9.96. The van der Waals surface area contributed by atoms with Crippen LogP contribution in [-0.2, 0) is 60.6 Å². The second kappa shape index (κ2) is 15.6. The second-order valence-corrected chi connectivity index (χ2v) is 14.1. The molecule has 10 atom stereocenters. The van der Waals surface area contributed by atoms with E-state index in [1.807, 2.05) is 98.8 Å². The van der Waals surface area contributed by atoms with Gasteiger partial charge in [0.15, 0.2) is 30.4 Å². The maximum absolute atomic E-state index is 11.8. The Morgan fingerprint density at radius 1 is 0.706 bits per heavy atom. The van der Waals surface area contributed by atoms with Gasteiger partial charge in [-0.3, -0.25) is 0 Å². The Bertz CT molecular complexity index is 1540. The van der Waals surface area contributed by atoms with Gasteiger partial charge in [0.25, 0.3) is 0 Å². The van der Waals surface area contributed by atoms with Gasteiger partial charge in [-0.1, -0.05) is 72.8 Å². The van der Waals surface area contributed by atoms with Crippen LogP contribution in [0.15, 0.2) is 84.9 Å². The first-order valence-corrected chi connectivity index (χ1v) is 17.5. The molecule has 4 aliphatic rings. The van der Waals surface area contributed by atoms with Crippen molar-refractivity contribution in [1.82, 2.24) is 0 Å². The van der Waals surface area contributed by atoms with Crippen LogP contribution in [0.25, 0.3) is 0 Å². The molecule has 0 spiro atoms. The Balaban J connectivity index is 1.17. The zero-order valence-corrected chi connectivity index (χ0v) is 29.6. The highest BCUT2D eigenvalue weighted by atomic mass is 16.8. The highest BCUT2D eigenvalue weighted by Crippen LogP contribution is 2.40. The summed E-state index contributed by atoms with van der Waals surface area (Å²) in [6, 6.07) is 27.2. The van der Waals surface area contributed by atoms with Gasteiger partial charge in [0.2, 0.25) is 0 Å². The molecule has 12 nitrogen and oxygen atoms in total. The fraction of sp³-hybridized carbons (Fsp3) is 0.538. The first-order chi connectivity index (χ1) is 24.6. The monoisotopic (exact) mass is 708 g/mol. The minimum Gasteiger partial charge on any atom is -0.497 e. The number of fused-ring (bicyclic) bond motifs is 1. The normalized spacial score (nSPS) is 33.4. The predicted molar refractivity (Wildman–Crippen MR) is 181 cm³/mol. The SMILES string of the molecule is COc1ccc(CO[C@@H]2[C@H](OC(O)[C@H]3OC(C)(C)O[C@@H]3[C@@H]3COC(C)(C)O3)O[C@@H]3COC(c4ccccc4)O[C@H]3[C@@H]2OCc2ccccc2)cc1. The number of benzene rings is 3. The van der Waals surface area contributed by atoms with Gasteiger partial charge in [-0.2, -0.15) is 0 Å². The maximum Gasteiger partial charge on any atom is 0.190 e. The van der Waals surface area contributed by atoms with Crippen molar-refractivity contribution < 1.29 is 57.2 Å². The Morgan fingerprint density at radius 3 is 2.04 bits per heavy atom. The molecule has 0 radical (unpaired) electrons. The molecule has 4 saturated heterocycles. The lowest BCUT2D eigenvalue weighted by molar-refractivity contribution is -0.391. The molecule has 0 aromatic heterocycles. The molecule has 0 bridgehead atoms. The van der Waals surface area contributed by atoms with Crippen LogP contribution in [0.1, 0.15) is 50.7 Å². The van der Waals surface area contributed by atoms with Crippen LogP contribution in [0, 0.1) is 0 Å². The standard InChI is InChI=1S/C39H48O12/c1-38(2)45-23-29(49-38)31-33(51-39(3,4)50-31)35(40)48-37-34(43-21-25-16-18-27(41-5)19-17-25)32(42-20-24-12-8-6-9-13-24)30-28(46-37)22-44-36(47-30)26-14-10-7-11-15-26/h6-19,28-37,40H,20-23H2,1-5H3/t28-,29+,30-,31-,32+,33+,34+,35?,36?,37+/m1/s1. The van der Waals surface area contributed by atoms with Gasteiger partial charge in [0.05, 0.1) is 33.5 Å². The molecule has 4 aliphatic heterocycles. The van der Waals surface area contributed by atoms with E-state index in [2.05, 4.69) is 0 Å². The van der Waals surface area contributed by atoms with Crippen molar-refractivity contribution in [3.63, 3.8) is 0 Å². The summed E-state index contributed by atoms with van der Waals surface area (Å²) >= 11 is 0. The van der Waals surface area contributed by atoms with Gasteiger partial charge < -0.3 is 57.2 Å². The van der Waals surface area contributed by atoms with Gasteiger partial charge >= 0.3 is 0 Å². The first kappa shape index (κ1) is 36.4. The molecule has 276 valence electrons. The Morgan fingerprint density at radius 2 is 1.37 bits per heavy atom. The molecule has 12 heteroatoms. The molecule has 51 heavy (non-hydrogen) atoms. The van der Waals surface area contributed by atoms with Crippen LogP contribution in [0.2, 0.25) is 0 Å². The first-order valence-electron chi connectivity index (χ1n) is 17.5. The summed E-state index contributed by atoms with van der Waals surface area (Å²) in [5, 5.41) is 11.8. The molecule has 4 fully saturated rings. The van der Waals surface area contributed by atoms with Gasteiger partial charge in [-0.15, -0.1) is 0 Å². The van der Waals surface area contributed by atoms with E-state index in [-0.39, 0.29) is 26.4 Å². The zero-order chi connectivity index (χ0) is 35.6. The van der Waals surface area contributed by atoms with Crippen molar-refractivity contribution >= 4 is 0 Å². The van der Waals surface area contributed by atoms with Crippen LogP contribution in [0.3, 0.4) is 0 Å². The fourth-order valence-electron chi connectivity index (χ4n) is 6.90. The van der Waals surface area contributed by atoms with Crippen LogP contribution >= 0.6 is 0 Å². The number of ether oxygens (including phenoxy) is 11. The molecule has 2 unspecified atom stereocenters. The largest absolute Gasteiger partial charge is 0.497 e. The van der Waals surface area contributed by atoms with Gasteiger partial charge in [0, 0.05) is 5.56 Å². The Kier molecular flexibility index (Phi) is 11.1. The summed E-state index contributed by atoms with van der Waals surface area (Å²) in [6.45, 7) is 8.15. The molecule has 4 heterocycles. The highest BCUT2D eigenvalue weighted by Gasteiger charge is 2.56.